The van der Waals surface area contributed by atoms with E-state index in [2.05, 4.69) is 26.3 Å². The first kappa shape index (κ1) is 23.4. The number of rotatable bonds is 6. The molecule has 10 heteroatoms. The van der Waals surface area contributed by atoms with Gasteiger partial charge in [-0.2, -0.15) is 0 Å². The molecular weight excluding hydrogens is 458 g/mol. The number of methoxy groups -OCH3 is 2. The number of anilines is 3. The first-order valence-corrected chi connectivity index (χ1v) is 11.7. The maximum atomic E-state index is 11.7. The Kier molecular flexibility index (Phi) is 6.32. The Labute approximate surface area is 209 Å². The molecule has 3 heterocycles. The van der Waals surface area contributed by atoms with Crippen LogP contribution in [0.5, 0.6) is 11.5 Å². The number of aromatic nitrogens is 4. The summed E-state index contributed by atoms with van der Waals surface area (Å²) in [5, 5.41) is 3.29. The Hall–Kier alpha value is -4.34. The first-order valence-electron chi connectivity index (χ1n) is 11.7. The highest BCUT2D eigenvalue weighted by Crippen LogP contribution is 2.40. The minimum absolute atomic E-state index is 0.0983. The van der Waals surface area contributed by atoms with Gasteiger partial charge in [0.1, 0.15) is 11.5 Å². The highest BCUT2D eigenvalue weighted by atomic mass is 16.5. The van der Waals surface area contributed by atoms with Crippen LogP contribution >= 0.6 is 0 Å². The summed E-state index contributed by atoms with van der Waals surface area (Å²) in [6.45, 7) is 4.39. The molecule has 4 aromatic rings. The zero-order valence-electron chi connectivity index (χ0n) is 20.9. The molecule has 36 heavy (non-hydrogen) atoms. The molecule has 1 aliphatic rings. The van der Waals surface area contributed by atoms with Gasteiger partial charge in [0.15, 0.2) is 0 Å². The first-order chi connectivity index (χ1) is 17.5. The van der Waals surface area contributed by atoms with Gasteiger partial charge in [-0.05, 0) is 18.2 Å². The number of aryl methyl sites for hydroxylation is 1. The second-order valence-electron chi connectivity index (χ2n) is 8.67. The van der Waals surface area contributed by atoms with Crippen LogP contribution in [0.25, 0.3) is 22.3 Å². The number of piperazine rings is 1. The molecule has 0 spiro atoms. The number of fused-ring (bicyclic) bond motifs is 1. The third kappa shape index (κ3) is 4.49. The van der Waals surface area contributed by atoms with Crippen molar-refractivity contribution in [3.8, 4) is 22.8 Å². The zero-order valence-corrected chi connectivity index (χ0v) is 20.9. The molecule has 0 aliphatic carbocycles. The van der Waals surface area contributed by atoms with Crippen molar-refractivity contribution >= 4 is 34.3 Å². The molecule has 0 radical (unpaired) electrons. The van der Waals surface area contributed by atoms with E-state index in [1.54, 1.807) is 33.7 Å². The molecular formula is C26H29N7O3. The predicted molar refractivity (Wildman–Crippen MR) is 139 cm³/mol. The Morgan fingerprint density at radius 3 is 2.47 bits per heavy atom. The van der Waals surface area contributed by atoms with E-state index in [0.29, 0.717) is 36.2 Å². The fraction of sp³-hybridized carbons (Fsp3) is 0.308. The molecule has 2 aromatic heterocycles. The average Bonchev–Trinajstić information content (AvgIpc) is 3.28. The van der Waals surface area contributed by atoms with Crippen molar-refractivity contribution in [1.29, 1.82) is 0 Å². The van der Waals surface area contributed by atoms with Gasteiger partial charge in [0, 0.05) is 64.0 Å². The Balaban J connectivity index is 1.42. The maximum Gasteiger partial charge on any atom is 0.227 e. The second-order valence-corrected chi connectivity index (χ2v) is 8.67. The monoisotopic (exact) mass is 487 g/mol. The van der Waals surface area contributed by atoms with Crippen LogP contribution in [0.15, 0.2) is 48.9 Å². The van der Waals surface area contributed by atoms with Crippen LogP contribution in [0.4, 0.5) is 17.3 Å². The van der Waals surface area contributed by atoms with Gasteiger partial charge >= 0.3 is 0 Å². The van der Waals surface area contributed by atoms with Gasteiger partial charge in [0.05, 0.1) is 48.6 Å². The standard InChI is InChI=1S/C26H29N7O3/c1-17(34)32-9-11-33(12-10-32)23-15-24(35-3)21(14-25(23)36-4)30-26-27-8-7-19(29-26)18-5-6-20-22(13-18)31(2)16-28-20/h5-8,13-16H,9-12H2,1-4H3,(H,27,29,30). The van der Waals surface area contributed by atoms with E-state index in [1.165, 1.54) is 0 Å². The van der Waals surface area contributed by atoms with Gasteiger partial charge in [-0.25, -0.2) is 15.0 Å². The quantitative estimate of drug-likeness (QED) is 0.442. The van der Waals surface area contributed by atoms with Gasteiger partial charge in [0.2, 0.25) is 11.9 Å². The summed E-state index contributed by atoms with van der Waals surface area (Å²) in [4.78, 5) is 29.3. The predicted octanol–water partition coefficient (Wildman–Crippen LogP) is 3.46. The molecule has 10 nitrogen and oxygen atoms in total. The summed E-state index contributed by atoms with van der Waals surface area (Å²) in [6.07, 6.45) is 3.53. The normalized spacial score (nSPS) is 13.7. The smallest absolute Gasteiger partial charge is 0.227 e. The Morgan fingerprint density at radius 2 is 1.75 bits per heavy atom. The Bertz CT molecular complexity index is 1410. The highest BCUT2D eigenvalue weighted by molar-refractivity contribution is 5.81. The van der Waals surface area contributed by atoms with E-state index >= 15 is 0 Å². The zero-order chi connectivity index (χ0) is 25.2. The van der Waals surface area contributed by atoms with E-state index in [4.69, 9.17) is 14.5 Å². The number of hydrogen-bond donors (Lipinski definition) is 1. The fourth-order valence-corrected chi connectivity index (χ4v) is 4.47. The van der Waals surface area contributed by atoms with Gasteiger partial charge in [0.25, 0.3) is 0 Å². The molecule has 186 valence electrons. The lowest BCUT2D eigenvalue weighted by Gasteiger charge is -2.36. The van der Waals surface area contributed by atoms with Crippen molar-refractivity contribution in [2.45, 2.75) is 6.92 Å². The van der Waals surface area contributed by atoms with Gasteiger partial charge in [-0.15, -0.1) is 0 Å². The van der Waals surface area contributed by atoms with Crippen LogP contribution in [-0.4, -0.2) is 70.7 Å². The number of benzene rings is 2. The van der Waals surface area contributed by atoms with E-state index in [0.717, 1.165) is 41.1 Å². The number of amides is 1. The number of ether oxygens (including phenoxy) is 2. The summed E-state index contributed by atoms with van der Waals surface area (Å²) in [5.41, 5.74) is 5.35. The topological polar surface area (TPSA) is 97.6 Å². The molecule has 1 amide bonds. The number of nitrogens with one attached hydrogen (secondary N) is 1. The summed E-state index contributed by atoms with van der Waals surface area (Å²) in [5.74, 6) is 1.89. The SMILES string of the molecule is COc1cc(N2CCN(C(C)=O)CC2)c(OC)cc1Nc1nccc(-c2ccc3ncn(C)c3c2)n1. The van der Waals surface area contributed by atoms with Crippen molar-refractivity contribution in [1.82, 2.24) is 24.4 Å². The van der Waals surface area contributed by atoms with Crippen molar-refractivity contribution in [3.05, 3.63) is 48.9 Å². The van der Waals surface area contributed by atoms with Gasteiger partial charge in [-0.3, -0.25) is 4.79 Å². The van der Waals surface area contributed by atoms with Crippen molar-refractivity contribution in [2.75, 3.05) is 50.6 Å². The van der Waals surface area contributed by atoms with Gasteiger partial charge in [-0.1, -0.05) is 6.07 Å². The lowest BCUT2D eigenvalue weighted by molar-refractivity contribution is -0.129. The van der Waals surface area contributed by atoms with Gasteiger partial charge < -0.3 is 29.2 Å². The lowest BCUT2D eigenvalue weighted by Crippen LogP contribution is -2.48. The van der Waals surface area contributed by atoms with Crippen LogP contribution in [0.3, 0.4) is 0 Å². The Morgan fingerprint density at radius 1 is 0.972 bits per heavy atom. The second kappa shape index (κ2) is 9.73. The number of imidazole rings is 1. The molecule has 0 saturated carbocycles. The number of nitrogens with zero attached hydrogens (tertiary/aromatic N) is 6. The number of carbonyl (C=O) groups excluding carboxylic acids is 1. The van der Waals surface area contributed by atoms with Crippen LogP contribution in [0.1, 0.15) is 6.92 Å². The minimum Gasteiger partial charge on any atom is -0.494 e. The third-order valence-corrected chi connectivity index (χ3v) is 6.49. The van der Waals surface area contributed by atoms with Crippen LogP contribution in [0.2, 0.25) is 0 Å². The molecule has 1 fully saturated rings. The molecule has 0 unspecified atom stereocenters. The highest BCUT2D eigenvalue weighted by Gasteiger charge is 2.23. The summed E-state index contributed by atoms with van der Waals surface area (Å²) >= 11 is 0. The molecule has 1 aliphatic heterocycles. The van der Waals surface area contributed by atoms with Crippen molar-refractivity contribution in [2.24, 2.45) is 7.05 Å². The summed E-state index contributed by atoms with van der Waals surface area (Å²) < 4.78 is 13.4. The molecule has 1 saturated heterocycles. The van der Waals surface area contributed by atoms with E-state index in [1.807, 2.05) is 46.8 Å². The molecule has 2 aromatic carbocycles. The molecule has 0 bridgehead atoms. The maximum absolute atomic E-state index is 11.7. The average molecular weight is 488 g/mol. The van der Waals surface area contributed by atoms with Crippen LogP contribution in [0, 0.1) is 0 Å². The van der Waals surface area contributed by atoms with Crippen molar-refractivity contribution in [3.63, 3.8) is 0 Å². The molecule has 1 N–H and O–H groups in total. The number of carbonyl (C=O) groups is 1. The van der Waals surface area contributed by atoms with E-state index < -0.39 is 0 Å². The summed E-state index contributed by atoms with van der Waals surface area (Å²) in [7, 11) is 5.25. The minimum atomic E-state index is 0.0983. The van der Waals surface area contributed by atoms with Crippen LogP contribution in [-0.2, 0) is 11.8 Å². The largest absolute Gasteiger partial charge is 0.494 e. The fourth-order valence-electron chi connectivity index (χ4n) is 4.47. The van der Waals surface area contributed by atoms with E-state index in [9.17, 15) is 4.79 Å². The van der Waals surface area contributed by atoms with E-state index in [-0.39, 0.29) is 5.91 Å². The van der Waals surface area contributed by atoms with Crippen LogP contribution < -0.4 is 19.7 Å². The third-order valence-electron chi connectivity index (χ3n) is 6.49. The molecule has 5 rings (SSSR count). The molecule has 0 atom stereocenters. The number of hydrogen-bond acceptors (Lipinski definition) is 8. The summed E-state index contributed by atoms with van der Waals surface area (Å²) in [6, 6.07) is 11.8. The van der Waals surface area contributed by atoms with Crippen molar-refractivity contribution < 1.29 is 14.3 Å². The lowest BCUT2D eigenvalue weighted by atomic mass is 10.1.